The number of hydrogen-bond acceptors (Lipinski definition) is 2. The summed E-state index contributed by atoms with van der Waals surface area (Å²) in [7, 11) is 0. The molecule has 2 aromatic carbocycles. The molecule has 2 aromatic heterocycles. The molecule has 0 saturated heterocycles. The molecule has 0 spiro atoms. The van der Waals surface area contributed by atoms with Gasteiger partial charge in [0.25, 0.3) is 0 Å². The predicted molar refractivity (Wildman–Crippen MR) is 111 cm³/mol. The zero-order chi connectivity index (χ0) is 20.6. The Morgan fingerprint density at radius 2 is 1.86 bits per heavy atom. The quantitative estimate of drug-likeness (QED) is 0.372. The van der Waals surface area contributed by atoms with E-state index in [1.165, 1.54) is 6.07 Å². The van der Waals surface area contributed by atoms with Gasteiger partial charge in [0.1, 0.15) is 0 Å². The Labute approximate surface area is 170 Å². The molecule has 0 amide bonds. The Kier molecular flexibility index (Phi) is 5.23. The minimum atomic E-state index is -4.48. The Hall–Kier alpha value is -2.57. The number of alkyl halides is 3. The number of rotatable bonds is 5. The summed E-state index contributed by atoms with van der Waals surface area (Å²) in [6.07, 6.45) is -0.704. The van der Waals surface area contributed by atoms with Crippen molar-refractivity contribution in [2.75, 3.05) is 6.54 Å². The number of aromatic amines is 1. The van der Waals surface area contributed by atoms with Crippen molar-refractivity contribution in [3.63, 3.8) is 0 Å². The van der Waals surface area contributed by atoms with E-state index in [0.29, 0.717) is 29.1 Å². The van der Waals surface area contributed by atoms with Gasteiger partial charge in [0.2, 0.25) is 0 Å². The number of aryl methyl sites for hydroxylation is 1. The lowest BCUT2D eigenvalue weighted by atomic mass is 9.99. The van der Waals surface area contributed by atoms with Crippen LogP contribution in [-0.2, 0) is 12.6 Å². The van der Waals surface area contributed by atoms with Crippen LogP contribution in [0, 0.1) is 0 Å². The molecular formula is C22H19ClF3N3. The lowest BCUT2D eigenvalue weighted by Crippen LogP contribution is -2.05. The Morgan fingerprint density at radius 1 is 1.07 bits per heavy atom. The molecule has 0 aliphatic heterocycles. The first-order chi connectivity index (χ1) is 13.9. The van der Waals surface area contributed by atoms with E-state index < -0.39 is 11.7 Å². The lowest BCUT2D eigenvalue weighted by Gasteiger charge is -2.09. The van der Waals surface area contributed by atoms with Crippen LogP contribution in [0.4, 0.5) is 13.2 Å². The van der Waals surface area contributed by atoms with E-state index in [-0.39, 0.29) is 5.52 Å². The second kappa shape index (κ2) is 7.69. The predicted octanol–water partition coefficient (Wildman–Crippen LogP) is 6.34. The summed E-state index contributed by atoms with van der Waals surface area (Å²) in [6.45, 7) is 0.525. The van der Waals surface area contributed by atoms with Gasteiger partial charge >= 0.3 is 6.18 Å². The fourth-order valence-corrected chi connectivity index (χ4v) is 3.99. The van der Waals surface area contributed by atoms with E-state index in [4.69, 9.17) is 17.3 Å². The van der Waals surface area contributed by atoms with Crippen molar-refractivity contribution in [1.82, 2.24) is 9.97 Å². The fraction of sp³-hybridized carbons (Fsp3) is 0.227. The number of nitrogens with zero attached hydrogens (tertiary/aromatic N) is 1. The normalized spacial score (nSPS) is 12.2. The van der Waals surface area contributed by atoms with Gasteiger partial charge in [-0.25, -0.2) is 0 Å². The van der Waals surface area contributed by atoms with Crippen LogP contribution in [-0.4, -0.2) is 16.5 Å². The Balaban J connectivity index is 1.98. The molecule has 150 valence electrons. The number of fused-ring (bicyclic) bond motifs is 2. The van der Waals surface area contributed by atoms with E-state index in [9.17, 15) is 13.2 Å². The number of nitrogens with two attached hydrogens (primary N) is 1. The number of pyridine rings is 1. The highest BCUT2D eigenvalue weighted by molar-refractivity contribution is 6.36. The first-order valence-corrected chi connectivity index (χ1v) is 9.73. The molecule has 0 atom stereocenters. The third kappa shape index (κ3) is 3.70. The number of H-pyrrole nitrogens is 1. The highest BCUT2D eigenvalue weighted by Gasteiger charge is 2.34. The topological polar surface area (TPSA) is 54.7 Å². The van der Waals surface area contributed by atoms with Gasteiger partial charge in [0, 0.05) is 22.5 Å². The second-order valence-corrected chi connectivity index (χ2v) is 7.39. The fourth-order valence-electron chi connectivity index (χ4n) is 3.71. The van der Waals surface area contributed by atoms with Crippen molar-refractivity contribution < 1.29 is 13.2 Å². The van der Waals surface area contributed by atoms with Crippen LogP contribution in [0.5, 0.6) is 0 Å². The third-order valence-corrected chi connectivity index (χ3v) is 5.39. The largest absolute Gasteiger partial charge is 0.418 e. The van der Waals surface area contributed by atoms with Crippen molar-refractivity contribution in [2.45, 2.75) is 25.4 Å². The van der Waals surface area contributed by atoms with Crippen molar-refractivity contribution in [2.24, 2.45) is 5.73 Å². The van der Waals surface area contributed by atoms with Gasteiger partial charge in [0.15, 0.2) is 0 Å². The van der Waals surface area contributed by atoms with Gasteiger partial charge in [-0.1, -0.05) is 29.8 Å². The monoisotopic (exact) mass is 417 g/mol. The molecule has 29 heavy (non-hydrogen) atoms. The van der Waals surface area contributed by atoms with Crippen LogP contribution in [0.3, 0.4) is 0 Å². The number of unbranched alkanes of at least 4 members (excludes halogenated alkanes) is 1. The number of aromatic nitrogens is 2. The molecule has 0 radical (unpaired) electrons. The molecule has 3 nitrogen and oxygen atoms in total. The number of halogens is 4. The van der Waals surface area contributed by atoms with Crippen LogP contribution >= 0.6 is 11.6 Å². The molecule has 2 heterocycles. The zero-order valence-electron chi connectivity index (χ0n) is 15.5. The maximum absolute atomic E-state index is 13.6. The van der Waals surface area contributed by atoms with Crippen LogP contribution in [0.25, 0.3) is 33.1 Å². The third-order valence-electron chi connectivity index (χ3n) is 5.07. The smallest absolute Gasteiger partial charge is 0.354 e. The maximum atomic E-state index is 13.6. The van der Waals surface area contributed by atoms with Crippen LogP contribution in [0.1, 0.15) is 24.0 Å². The van der Waals surface area contributed by atoms with Gasteiger partial charge in [-0.15, -0.1) is 0 Å². The molecule has 4 aromatic rings. The number of nitrogens with one attached hydrogen (secondary N) is 1. The molecule has 0 aliphatic carbocycles. The Morgan fingerprint density at radius 3 is 2.62 bits per heavy atom. The van der Waals surface area contributed by atoms with E-state index in [1.54, 1.807) is 6.20 Å². The highest BCUT2D eigenvalue weighted by Crippen LogP contribution is 2.42. The lowest BCUT2D eigenvalue weighted by molar-refractivity contribution is -0.136. The molecule has 3 N–H and O–H groups in total. The summed E-state index contributed by atoms with van der Waals surface area (Å²) in [5.41, 5.74) is 7.83. The molecular weight excluding hydrogens is 399 g/mol. The Bertz CT molecular complexity index is 1180. The average molecular weight is 418 g/mol. The van der Waals surface area contributed by atoms with Crippen molar-refractivity contribution in [3.05, 3.63) is 64.8 Å². The molecule has 0 saturated carbocycles. The number of para-hydroxylation sites is 1. The molecule has 0 aliphatic rings. The summed E-state index contributed by atoms with van der Waals surface area (Å²) in [4.78, 5) is 7.48. The molecule has 0 unspecified atom stereocenters. The molecule has 4 rings (SSSR count). The van der Waals surface area contributed by atoms with Crippen LogP contribution in [0.15, 0.2) is 48.7 Å². The van der Waals surface area contributed by atoms with E-state index in [1.807, 2.05) is 30.3 Å². The molecule has 0 bridgehead atoms. The minimum absolute atomic E-state index is 0.0101. The van der Waals surface area contributed by atoms with Gasteiger partial charge in [-0.2, -0.15) is 13.2 Å². The van der Waals surface area contributed by atoms with Crippen molar-refractivity contribution in [1.29, 1.82) is 0 Å². The SMILES string of the molecule is NCCCCc1c(-c2cnc3ccccc3c2)[nH]c2c(C(F)(F)F)ccc(Cl)c12. The first-order valence-electron chi connectivity index (χ1n) is 9.35. The standard InChI is InChI=1S/C22H19ClF3N3/c23-17-9-8-16(22(24,25)26)21-19(17)15(6-3-4-10-27)20(29-21)14-11-13-5-1-2-7-18(13)28-12-14/h1-2,5,7-9,11-12,29H,3-4,6,10,27H2. The summed E-state index contributed by atoms with van der Waals surface area (Å²) >= 11 is 6.37. The highest BCUT2D eigenvalue weighted by atomic mass is 35.5. The maximum Gasteiger partial charge on any atom is 0.418 e. The van der Waals surface area contributed by atoms with E-state index in [2.05, 4.69) is 9.97 Å². The molecule has 0 fully saturated rings. The number of benzene rings is 2. The minimum Gasteiger partial charge on any atom is -0.354 e. The van der Waals surface area contributed by atoms with Gasteiger partial charge in [0.05, 0.1) is 27.3 Å². The first kappa shape index (κ1) is 19.7. The summed E-state index contributed by atoms with van der Waals surface area (Å²) in [6, 6.07) is 11.9. The van der Waals surface area contributed by atoms with Crippen LogP contribution in [0.2, 0.25) is 5.02 Å². The summed E-state index contributed by atoms with van der Waals surface area (Å²) in [5.74, 6) is 0. The van der Waals surface area contributed by atoms with Crippen molar-refractivity contribution >= 4 is 33.4 Å². The summed E-state index contributed by atoms with van der Waals surface area (Å²) < 4.78 is 40.8. The van der Waals surface area contributed by atoms with Crippen molar-refractivity contribution in [3.8, 4) is 11.3 Å². The van der Waals surface area contributed by atoms with Gasteiger partial charge < -0.3 is 10.7 Å². The second-order valence-electron chi connectivity index (χ2n) is 6.98. The van der Waals surface area contributed by atoms with E-state index in [0.717, 1.165) is 40.9 Å². The van der Waals surface area contributed by atoms with Gasteiger partial charge in [-0.3, -0.25) is 4.98 Å². The summed E-state index contributed by atoms with van der Waals surface area (Å²) in [5, 5.41) is 1.63. The number of hydrogen-bond donors (Lipinski definition) is 2. The molecule has 7 heteroatoms. The van der Waals surface area contributed by atoms with Gasteiger partial charge in [-0.05, 0) is 55.6 Å². The zero-order valence-corrected chi connectivity index (χ0v) is 16.2. The van der Waals surface area contributed by atoms with E-state index >= 15 is 0 Å². The average Bonchev–Trinajstić information content (AvgIpc) is 3.07. The van der Waals surface area contributed by atoms with Crippen LogP contribution < -0.4 is 5.73 Å².